The van der Waals surface area contributed by atoms with Crippen molar-refractivity contribution in [3.05, 3.63) is 47.3 Å². The summed E-state index contributed by atoms with van der Waals surface area (Å²) in [6.45, 7) is 5.45. The van der Waals surface area contributed by atoms with Crippen LogP contribution in [0.3, 0.4) is 0 Å². The Kier molecular flexibility index (Phi) is 6.29. The number of carbonyl (C=O) groups is 2. The molecule has 1 unspecified atom stereocenters. The second-order valence-corrected chi connectivity index (χ2v) is 7.67. The summed E-state index contributed by atoms with van der Waals surface area (Å²) in [4.78, 5) is 28.0. The molecule has 5 nitrogen and oxygen atoms in total. The number of rotatable bonds is 6. The van der Waals surface area contributed by atoms with E-state index in [0.717, 1.165) is 11.1 Å². The first kappa shape index (κ1) is 19.6. The molecule has 0 spiro atoms. The maximum absolute atomic E-state index is 12.9. The lowest BCUT2D eigenvalue weighted by Gasteiger charge is -2.41. The Morgan fingerprint density at radius 1 is 1.22 bits per heavy atom. The molecule has 2 amide bonds. The Balaban J connectivity index is 1.83. The van der Waals surface area contributed by atoms with Gasteiger partial charge in [-0.25, -0.2) is 0 Å². The SMILES string of the molecule is CCNC(=O)C1(Cc2ccc(-c3cccs3)cc2)CN(C(=O)CC)CCO1. The second kappa shape index (κ2) is 8.67. The van der Waals surface area contributed by atoms with Gasteiger partial charge < -0.3 is 15.0 Å². The van der Waals surface area contributed by atoms with Gasteiger partial charge in [0.15, 0.2) is 5.60 Å². The average molecular weight is 387 g/mol. The number of hydrogen-bond donors (Lipinski definition) is 1. The number of carbonyl (C=O) groups excluding carboxylic acids is 2. The van der Waals surface area contributed by atoms with Gasteiger partial charge in [0.05, 0.1) is 13.2 Å². The number of morpholine rings is 1. The molecule has 1 saturated heterocycles. The molecule has 1 aliphatic rings. The lowest BCUT2D eigenvalue weighted by Crippen LogP contribution is -2.62. The first-order chi connectivity index (χ1) is 13.1. The number of hydrogen-bond acceptors (Lipinski definition) is 4. The molecule has 2 aromatic rings. The standard InChI is InChI=1S/C21H26N2O3S/c1-3-19(24)23-11-12-26-21(15-23,20(25)22-4-2)14-16-7-9-17(10-8-16)18-6-5-13-27-18/h5-10,13H,3-4,11-12,14-15H2,1-2H3,(H,22,25). The Bertz CT molecular complexity index is 773. The summed E-state index contributed by atoms with van der Waals surface area (Å²) in [5.41, 5.74) is 1.14. The van der Waals surface area contributed by atoms with Crippen molar-refractivity contribution < 1.29 is 14.3 Å². The van der Waals surface area contributed by atoms with Crippen molar-refractivity contribution in [1.82, 2.24) is 10.2 Å². The minimum absolute atomic E-state index is 0.0556. The highest BCUT2D eigenvalue weighted by Gasteiger charge is 2.44. The van der Waals surface area contributed by atoms with Crippen LogP contribution in [0.1, 0.15) is 25.8 Å². The first-order valence-corrected chi connectivity index (χ1v) is 10.3. The third-order valence-electron chi connectivity index (χ3n) is 4.84. The van der Waals surface area contributed by atoms with Gasteiger partial charge in [0.1, 0.15) is 0 Å². The first-order valence-electron chi connectivity index (χ1n) is 9.41. The van der Waals surface area contributed by atoms with Crippen LogP contribution < -0.4 is 5.32 Å². The lowest BCUT2D eigenvalue weighted by molar-refractivity contribution is -0.165. The van der Waals surface area contributed by atoms with Crippen molar-refractivity contribution >= 4 is 23.2 Å². The molecule has 0 radical (unpaired) electrons. The summed E-state index contributed by atoms with van der Waals surface area (Å²) >= 11 is 1.70. The number of amides is 2. The molecule has 0 saturated carbocycles. The number of benzene rings is 1. The lowest BCUT2D eigenvalue weighted by atomic mass is 9.90. The summed E-state index contributed by atoms with van der Waals surface area (Å²) < 4.78 is 6.01. The monoisotopic (exact) mass is 386 g/mol. The van der Waals surface area contributed by atoms with Crippen LogP contribution in [0.25, 0.3) is 10.4 Å². The minimum Gasteiger partial charge on any atom is -0.361 e. The molecule has 1 aliphatic heterocycles. The molecule has 1 N–H and O–H groups in total. The molecule has 1 aromatic heterocycles. The van der Waals surface area contributed by atoms with E-state index in [2.05, 4.69) is 28.9 Å². The van der Waals surface area contributed by atoms with E-state index < -0.39 is 5.60 Å². The van der Waals surface area contributed by atoms with Crippen LogP contribution >= 0.6 is 11.3 Å². The Morgan fingerprint density at radius 2 is 2.00 bits per heavy atom. The normalized spacial score (nSPS) is 19.7. The second-order valence-electron chi connectivity index (χ2n) is 6.72. The van der Waals surface area contributed by atoms with Crippen molar-refractivity contribution in [3.8, 4) is 10.4 Å². The van der Waals surface area contributed by atoms with Crippen LogP contribution in [0.5, 0.6) is 0 Å². The molecule has 0 aliphatic carbocycles. The van der Waals surface area contributed by atoms with Gasteiger partial charge in [0.25, 0.3) is 5.91 Å². The van der Waals surface area contributed by atoms with Gasteiger partial charge in [-0.05, 0) is 29.5 Å². The molecule has 0 bridgehead atoms. The third-order valence-corrected chi connectivity index (χ3v) is 5.76. The van der Waals surface area contributed by atoms with E-state index in [4.69, 9.17) is 4.74 Å². The van der Waals surface area contributed by atoms with Crippen molar-refractivity contribution in [2.75, 3.05) is 26.2 Å². The zero-order valence-electron chi connectivity index (χ0n) is 15.9. The highest BCUT2D eigenvalue weighted by Crippen LogP contribution is 2.28. The molecule has 1 atom stereocenters. The van der Waals surface area contributed by atoms with Crippen LogP contribution in [0, 0.1) is 0 Å². The Hall–Kier alpha value is -2.18. The fourth-order valence-corrected chi connectivity index (χ4v) is 4.16. The van der Waals surface area contributed by atoms with Gasteiger partial charge in [-0.2, -0.15) is 0 Å². The molecule has 27 heavy (non-hydrogen) atoms. The van der Waals surface area contributed by atoms with E-state index >= 15 is 0 Å². The Morgan fingerprint density at radius 3 is 2.63 bits per heavy atom. The highest BCUT2D eigenvalue weighted by molar-refractivity contribution is 7.13. The van der Waals surface area contributed by atoms with Gasteiger partial charge in [0.2, 0.25) is 5.91 Å². The van der Waals surface area contributed by atoms with E-state index in [-0.39, 0.29) is 18.4 Å². The summed E-state index contributed by atoms with van der Waals surface area (Å²) in [5.74, 6) is -0.0963. The number of ether oxygens (including phenoxy) is 1. The molecule has 6 heteroatoms. The largest absolute Gasteiger partial charge is 0.361 e. The molecule has 3 rings (SSSR count). The number of nitrogens with zero attached hydrogens (tertiary/aromatic N) is 1. The van der Waals surface area contributed by atoms with E-state index in [1.165, 1.54) is 4.88 Å². The predicted molar refractivity (Wildman–Crippen MR) is 108 cm³/mol. The van der Waals surface area contributed by atoms with Crippen LogP contribution in [0.4, 0.5) is 0 Å². The molecular weight excluding hydrogens is 360 g/mol. The van der Waals surface area contributed by atoms with Crippen LogP contribution in [0.2, 0.25) is 0 Å². The van der Waals surface area contributed by atoms with Gasteiger partial charge in [-0.3, -0.25) is 9.59 Å². The summed E-state index contributed by atoms with van der Waals surface area (Å²) in [6.07, 6.45) is 0.873. The van der Waals surface area contributed by atoms with E-state index in [1.807, 2.05) is 32.0 Å². The van der Waals surface area contributed by atoms with Gasteiger partial charge >= 0.3 is 0 Å². The number of thiophene rings is 1. The summed E-state index contributed by atoms with van der Waals surface area (Å²) in [7, 11) is 0. The van der Waals surface area contributed by atoms with Crippen molar-refractivity contribution in [3.63, 3.8) is 0 Å². The zero-order valence-corrected chi connectivity index (χ0v) is 16.7. The van der Waals surface area contributed by atoms with Gasteiger partial charge in [-0.1, -0.05) is 37.3 Å². The molecule has 1 aromatic carbocycles. The maximum atomic E-state index is 12.9. The predicted octanol–water partition coefficient (Wildman–Crippen LogP) is 3.10. The summed E-state index contributed by atoms with van der Waals surface area (Å²) in [5, 5.41) is 4.95. The Labute approximate surface area is 164 Å². The quantitative estimate of drug-likeness (QED) is 0.830. The fourth-order valence-electron chi connectivity index (χ4n) is 3.43. The van der Waals surface area contributed by atoms with E-state index in [1.54, 1.807) is 16.2 Å². The molecule has 144 valence electrons. The molecular formula is C21H26N2O3S. The van der Waals surface area contributed by atoms with Gasteiger partial charge in [-0.15, -0.1) is 11.3 Å². The zero-order chi connectivity index (χ0) is 19.3. The smallest absolute Gasteiger partial charge is 0.254 e. The van der Waals surface area contributed by atoms with Crippen LogP contribution in [-0.4, -0.2) is 48.6 Å². The maximum Gasteiger partial charge on any atom is 0.254 e. The summed E-state index contributed by atoms with van der Waals surface area (Å²) in [6, 6.07) is 12.4. The fraction of sp³-hybridized carbons (Fsp3) is 0.429. The topological polar surface area (TPSA) is 58.6 Å². The van der Waals surface area contributed by atoms with Crippen LogP contribution in [0.15, 0.2) is 41.8 Å². The van der Waals surface area contributed by atoms with Crippen LogP contribution in [-0.2, 0) is 20.7 Å². The van der Waals surface area contributed by atoms with E-state index in [0.29, 0.717) is 32.5 Å². The molecule has 2 heterocycles. The van der Waals surface area contributed by atoms with Crippen molar-refractivity contribution in [2.24, 2.45) is 0 Å². The number of nitrogens with one attached hydrogen (secondary N) is 1. The highest BCUT2D eigenvalue weighted by atomic mass is 32.1. The average Bonchev–Trinajstić information content (AvgIpc) is 3.23. The van der Waals surface area contributed by atoms with Crippen molar-refractivity contribution in [2.45, 2.75) is 32.3 Å². The number of likely N-dealkylation sites (N-methyl/N-ethyl adjacent to an activating group) is 1. The van der Waals surface area contributed by atoms with E-state index in [9.17, 15) is 9.59 Å². The molecule has 1 fully saturated rings. The van der Waals surface area contributed by atoms with Gasteiger partial charge in [0, 0.05) is 30.8 Å². The third kappa shape index (κ3) is 4.39. The minimum atomic E-state index is -1.04. The van der Waals surface area contributed by atoms with Crippen molar-refractivity contribution in [1.29, 1.82) is 0 Å².